The molecule has 3 fully saturated rings. The van der Waals surface area contributed by atoms with E-state index < -0.39 is 0 Å². The molecule has 6 atom stereocenters. The van der Waals surface area contributed by atoms with Crippen LogP contribution in [0.4, 0.5) is 0 Å². The van der Waals surface area contributed by atoms with Gasteiger partial charge in [-0.15, -0.1) is 0 Å². The third-order valence-electron chi connectivity index (χ3n) is 8.02. The van der Waals surface area contributed by atoms with E-state index in [1.807, 2.05) is 0 Å². The Balaban J connectivity index is 0.00000210. The minimum atomic E-state index is -0.219. The molecule has 2 nitrogen and oxygen atoms in total. The first-order valence-corrected chi connectivity index (χ1v) is 11.0. The molecule has 0 amide bonds. The topological polar surface area (TPSA) is 44.0 Å². The minimum absolute atomic E-state index is 0. The number of nitriles is 1. The Bertz CT molecular complexity index is 677. The molecule has 1 unspecified atom stereocenters. The summed E-state index contributed by atoms with van der Waals surface area (Å²) in [6, 6.07) is 2.34. The number of aliphatic hydroxyl groups excluding tert-OH is 1. The molecule has 0 aromatic rings. The van der Waals surface area contributed by atoms with Crippen molar-refractivity contribution in [3.05, 3.63) is 35.5 Å². The summed E-state index contributed by atoms with van der Waals surface area (Å²) in [4.78, 5) is 0. The van der Waals surface area contributed by atoms with Crippen LogP contribution in [0.1, 0.15) is 78.6 Å². The first kappa shape index (κ1) is 27.9. The van der Waals surface area contributed by atoms with Crippen molar-refractivity contribution in [2.24, 2.45) is 29.1 Å². The fourth-order valence-corrected chi connectivity index (χ4v) is 6.43. The summed E-state index contributed by atoms with van der Waals surface area (Å²) in [6.45, 7) is 11.3. The van der Waals surface area contributed by atoms with E-state index in [1.54, 1.807) is 5.57 Å². The van der Waals surface area contributed by atoms with E-state index in [9.17, 15) is 5.11 Å². The summed E-state index contributed by atoms with van der Waals surface area (Å²) in [6.07, 6.45) is 14.2. The third-order valence-corrected chi connectivity index (χ3v) is 8.02. The van der Waals surface area contributed by atoms with Gasteiger partial charge in [-0.05, 0) is 91.6 Å². The van der Waals surface area contributed by atoms with Crippen molar-refractivity contribution in [3.63, 3.8) is 0 Å². The average Bonchev–Trinajstić information content (AvgIpc) is 2.99. The molecule has 0 spiro atoms. The van der Waals surface area contributed by atoms with E-state index >= 15 is 0 Å². The van der Waals surface area contributed by atoms with Gasteiger partial charge in [-0.25, -0.2) is 0 Å². The molecular weight excluding hydrogens is 508 g/mol. The van der Waals surface area contributed by atoms with Crippen LogP contribution in [-0.4, -0.2) is 11.2 Å². The first-order chi connectivity index (χ1) is 12.9. The summed E-state index contributed by atoms with van der Waals surface area (Å²) >= 11 is 0. The van der Waals surface area contributed by atoms with Gasteiger partial charge in [-0.1, -0.05) is 45.1 Å². The van der Waals surface area contributed by atoms with Crippen LogP contribution in [0.5, 0.6) is 0 Å². The van der Waals surface area contributed by atoms with Crippen LogP contribution in [0.15, 0.2) is 35.5 Å². The van der Waals surface area contributed by atoms with Crippen LogP contribution >= 0.6 is 0 Å². The van der Waals surface area contributed by atoms with Gasteiger partial charge in [-0.3, -0.25) is 0 Å². The summed E-state index contributed by atoms with van der Waals surface area (Å²) in [5.41, 5.74) is 4.48. The number of aliphatic hydroxyl groups is 1. The average molecular weight is 545 g/mol. The molecule has 2 radical (unpaired) electrons. The van der Waals surface area contributed by atoms with E-state index in [4.69, 9.17) is 5.26 Å². The predicted octanol–water partition coefficient (Wildman–Crippen LogP) is 6.34. The van der Waals surface area contributed by atoms with Gasteiger partial charge in [0.05, 0.1) is 12.2 Å². The van der Waals surface area contributed by atoms with Gasteiger partial charge < -0.3 is 5.11 Å². The summed E-state index contributed by atoms with van der Waals surface area (Å²) in [5.74, 6) is 2.47. The zero-order chi connectivity index (χ0) is 19.6. The molecule has 0 saturated heterocycles. The van der Waals surface area contributed by atoms with E-state index in [0.717, 1.165) is 25.2 Å². The number of hydrogen-bond acceptors (Lipinski definition) is 2. The Morgan fingerprint density at radius 3 is 2.72 bits per heavy atom. The van der Waals surface area contributed by atoms with Crippen LogP contribution in [0.2, 0.25) is 0 Å². The molecule has 3 aliphatic carbocycles. The quantitative estimate of drug-likeness (QED) is 0.449. The van der Waals surface area contributed by atoms with Crippen molar-refractivity contribution < 1.29 is 70.5 Å². The van der Waals surface area contributed by atoms with Crippen molar-refractivity contribution in [1.82, 2.24) is 0 Å². The molecule has 4 heteroatoms. The molecule has 0 aromatic carbocycles. The number of allylic oxidation sites excluding steroid dienone is 4. The number of nitrogens with zero attached hydrogens (tertiary/aromatic N) is 1. The molecule has 0 aliphatic heterocycles. The fourth-order valence-electron chi connectivity index (χ4n) is 6.43. The summed E-state index contributed by atoms with van der Waals surface area (Å²) < 4.78 is 0. The Morgan fingerprint density at radius 2 is 2.03 bits per heavy atom. The van der Waals surface area contributed by atoms with Gasteiger partial charge in [0.15, 0.2) is 0 Å². The van der Waals surface area contributed by atoms with Crippen molar-refractivity contribution in [1.29, 1.82) is 5.26 Å². The maximum absolute atomic E-state index is 10.1. The normalized spacial score (nSPS) is 38.0. The molecule has 3 aliphatic rings. The molecule has 154 valence electrons. The number of hydrogen-bond donors (Lipinski definition) is 1. The largest absolute Gasteiger partial charge is 0.393 e. The van der Waals surface area contributed by atoms with Gasteiger partial charge in [0.1, 0.15) is 0 Å². The van der Waals surface area contributed by atoms with Gasteiger partial charge in [0.25, 0.3) is 0 Å². The Kier molecular flexibility index (Phi) is 11.7. The SMILES string of the molecule is C=C1/C(=C\C=C2/CCC[C@]3(C)C([C@H](C)CCC#N)CC[C@@H]23)C[C@@H](O)C[C@@H]1C.[Y].[Y]. The predicted molar refractivity (Wildman–Crippen MR) is 112 cm³/mol. The second-order valence-corrected chi connectivity index (χ2v) is 9.72. The van der Waals surface area contributed by atoms with Crippen molar-refractivity contribution in [3.8, 4) is 6.07 Å². The second-order valence-electron chi connectivity index (χ2n) is 9.72. The van der Waals surface area contributed by atoms with Crippen LogP contribution in [0, 0.1) is 40.4 Å². The standard InChI is InChI=1S/C25H37NO.2Y/c1-17(7-6-14-26)23-11-12-24-20(8-5-13-25(23,24)4)9-10-21-16-22(27)15-18(2)19(21)3;;/h9-10,17-18,22-24,27H,3,5-8,11-13,15-16H2,1-2,4H3;;/b20-9+,21-10-;;/t17-,18+,22+,23?,24+,25-;;/m1../s1. The van der Waals surface area contributed by atoms with E-state index in [-0.39, 0.29) is 71.5 Å². The second kappa shape index (κ2) is 12.2. The van der Waals surface area contributed by atoms with E-state index in [0.29, 0.717) is 29.6 Å². The minimum Gasteiger partial charge on any atom is -0.393 e. The van der Waals surface area contributed by atoms with Crippen molar-refractivity contribution in [2.45, 2.75) is 84.7 Å². The van der Waals surface area contributed by atoms with Crippen LogP contribution in [0.3, 0.4) is 0 Å². The zero-order valence-electron chi connectivity index (χ0n) is 18.7. The van der Waals surface area contributed by atoms with Gasteiger partial charge >= 0.3 is 0 Å². The summed E-state index contributed by atoms with van der Waals surface area (Å²) in [5, 5.41) is 19.1. The maximum atomic E-state index is 10.1. The Hall–Kier alpha value is 0.878. The third kappa shape index (κ3) is 6.23. The number of fused-ring (bicyclic) bond motifs is 1. The molecule has 0 aromatic heterocycles. The monoisotopic (exact) mass is 545 g/mol. The smallest absolute Gasteiger partial charge is 0.0621 e. The van der Waals surface area contributed by atoms with E-state index in [2.05, 4.69) is 45.6 Å². The molecule has 0 heterocycles. The molecule has 0 bridgehead atoms. The molecule has 3 saturated carbocycles. The summed E-state index contributed by atoms with van der Waals surface area (Å²) in [7, 11) is 0. The Labute approximate surface area is 228 Å². The van der Waals surface area contributed by atoms with Gasteiger partial charge in [0.2, 0.25) is 0 Å². The fraction of sp³-hybridized carbons (Fsp3) is 0.720. The van der Waals surface area contributed by atoms with Gasteiger partial charge in [-0.2, -0.15) is 5.26 Å². The number of rotatable bonds is 4. The van der Waals surface area contributed by atoms with Crippen LogP contribution in [0.25, 0.3) is 0 Å². The maximum Gasteiger partial charge on any atom is 0.0621 e. The van der Waals surface area contributed by atoms with Crippen molar-refractivity contribution >= 4 is 0 Å². The Morgan fingerprint density at radius 1 is 1.31 bits per heavy atom. The van der Waals surface area contributed by atoms with Crippen molar-refractivity contribution in [2.75, 3.05) is 0 Å². The van der Waals surface area contributed by atoms with E-state index in [1.165, 1.54) is 43.3 Å². The van der Waals surface area contributed by atoms with Crippen LogP contribution < -0.4 is 0 Å². The molecule has 29 heavy (non-hydrogen) atoms. The molecule has 3 rings (SSSR count). The molecule has 1 N–H and O–H groups in total. The van der Waals surface area contributed by atoms with Crippen LogP contribution in [-0.2, 0) is 65.4 Å². The zero-order valence-corrected chi connectivity index (χ0v) is 24.3. The first-order valence-electron chi connectivity index (χ1n) is 11.0. The molecular formula is C25H37NOY2. The van der Waals surface area contributed by atoms with Gasteiger partial charge in [0, 0.05) is 71.8 Å².